The van der Waals surface area contributed by atoms with Gasteiger partial charge in [0.05, 0.1) is 11.5 Å². The van der Waals surface area contributed by atoms with E-state index in [1.165, 1.54) is 26.2 Å². The molecule has 27 heavy (non-hydrogen) atoms. The highest BCUT2D eigenvalue weighted by Crippen LogP contribution is 2.21. The van der Waals surface area contributed by atoms with Gasteiger partial charge in [-0.3, -0.25) is 4.79 Å². The van der Waals surface area contributed by atoms with E-state index in [0.717, 1.165) is 9.87 Å². The standard InChI is InChI=1S/C19H23ClN2O4S/c1-14-12-16(9-10-18(14)20)26-11-5-8-19(23)21-15-6-4-7-17(13-15)27(24,25)22(2)3/h4,6-7,9-10,12-13H,5,8,11H2,1-3H3,(H,21,23). The Kier molecular flexibility index (Phi) is 7.24. The molecule has 0 heterocycles. The Morgan fingerprint density at radius 3 is 2.59 bits per heavy atom. The van der Waals surface area contributed by atoms with E-state index >= 15 is 0 Å². The van der Waals surface area contributed by atoms with Gasteiger partial charge in [-0.1, -0.05) is 17.7 Å². The van der Waals surface area contributed by atoms with Gasteiger partial charge in [0.1, 0.15) is 5.75 Å². The van der Waals surface area contributed by atoms with Crippen molar-refractivity contribution in [3.05, 3.63) is 53.1 Å². The monoisotopic (exact) mass is 410 g/mol. The summed E-state index contributed by atoms with van der Waals surface area (Å²) in [5, 5.41) is 3.39. The summed E-state index contributed by atoms with van der Waals surface area (Å²) in [6, 6.07) is 11.6. The number of aryl methyl sites for hydroxylation is 1. The molecule has 0 saturated carbocycles. The van der Waals surface area contributed by atoms with E-state index in [1.54, 1.807) is 24.3 Å². The molecule has 0 radical (unpaired) electrons. The van der Waals surface area contributed by atoms with Gasteiger partial charge in [0.2, 0.25) is 15.9 Å². The van der Waals surface area contributed by atoms with Crippen LogP contribution in [0.1, 0.15) is 18.4 Å². The maximum atomic E-state index is 12.1. The van der Waals surface area contributed by atoms with Crippen LogP contribution in [0, 0.1) is 6.92 Å². The van der Waals surface area contributed by atoms with Crippen molar-refractivity contribution in [2.45, 2.75) is 24.7 Å². The second-order valence-electron chi connectivity index (χ2n) is 6.23. The van der Waals surface area contributed by atoms with Gasteiger partial charge < -0.3 is 10.1 Å². The first-order valence-electron chi connectivity index (χ1n) is 8.41. The molecular formula is C19H23ClN2O4S. The molecule has 2 aromatic carbocycles. The molecule has 0 aromatic heterocycles. The number of halogens is 1. The van der Waals surface area contributed by atoms with Crippen molar-refractivity contribution in [1.29, 1.82) is 0 Å². The molecule has 2 rings (SSSR count). The lowest BCUT2D eigenvalue weighted by atomic mass is 10.2. The molecule has 0 fully saturated rings. The lowest BCUT2D eigenvalue weighted by molar-refractivity contribution is -0.116. The first-order chi connectivity index (χ1) is 12.7. The highest BCUT2D eigenvalue weighted by atomic mass is 35.5. The number of amides is 1. The van der Waals surface area contributed by atoms with E-state index < -0.39 is 10.0 Å². The second-order valence-corrected chi connectivity index (χ2v) is 8.79. The van der Waals surface area contributed by atoms with Crippen molar-refractivity contribution < 1.29 is 17.9 Å². The zero-order valence-electron chi connectivity index (χ0n) is 15.5. The van der Waals surface area contributed by atoms with E-state index in [2.05, 4.69) is 5.32 Å². The fourth-order valence-corrected chi connectivity index (χ4v) is 3.36. The Morgan fingerprint density at radius 2 is 1.93 bits per heavy atom. The van der Waals surface area contributed by atoms with Gasteiger partial charge in [0.25, 0.3) is 0 Å². The summed E-state index contributed by atoms with van der Waals surface area (Å²) in [5.74, 6) is 0.504. The SMILES string of the molecule is Cc1cc(OCCCC(=O)Nc2cccc(S(=O)(=O)N(C)C)c2)ccc1Cl. The first-order valence-corrected chi connectivity index (χ1v) is 10.2. The molecule has 0 spiro atoms. The Hall–Kier alpha value is -2.09. The van der Waals surface area contributed by atoms with Crippen LogP contribution in [0.25, 0.3) is 0 Å². The van der Waals surface area contributed by atoms with Crippen molar-refractivity contribution in [3.63, 3.8) is 0 Å². The predicted octanol–water partition coefficient (Wildman–Crippen LogP) is 3.70. The third-order valence-corrected chi connectivity index (χ3v) is 6.08. The number of benzene rings is 2. The van der Waals surface area contributed by atoms with Gasteiger partial charge in [-0.2, -0.15) is 0 Å². The topological polar surface area (TPSA) is 75.7 Å². The highest BCUT2D eigenvalue weighted by molar-refractivity contribution is 7.89. The summed E-state index contributed by atoms with van der Waals surface area (Å²) in [7, 11) is -0.619. The van der Waals surface area contributed by atoms with E-state index in [1.807, 2.05) is 13.0 Å². The third-order valence-electron chi connectivity index (χ3n) is 3.84. The van der Waals surface area contributed by atoms with Crippen LogP contribution in [0.3, 0.4) is 0 Å². The van der Waals surface area contributed by atoms with Crippen LogP contribution in [0.5, 0.6) is 5.75 Å². The van der Waals surface area contributed by atoms with Gasteiger partial charge in [-0.25, -0.2) is 12.7 Å². The minimum atomic E-state index is -3.54. The average molecular weight is 411 g/mol. The zero-order valence-corrected chi connectivity index (χ0v) is 17.1. The normalized spacial score (nSPS) is 11.4. The van der Waals surface area contributed by atoms with Crippen molar-refractivity contribution >= 4 is 33.2 Å². The molecule has 0 unspecified atom stereocenters. The molecule has 2 aromatic rings. The second kappa shape index (κ2) is 9.21. The van der Waals surface area contributed by atoms with Crippen LogP contribution in [0.2, 0.25) is 5.02 Å². The van der Waals surface area contributed by atoms with Crippen LogP contribution in [0.4, 0.5) is 5.69 Å². The molecule has 1 amide bonds. The van der Waals surface area contributed by atoms with Crippen molar-refractivity contribution in [2.75, 3.05) is 26.0 Å². The summed E-state index contributed by atoms with van der Waals surface area (Å²) in [6.45, 7) is 2.29. The Bertz CT molecular complexity index is 914. The molecule has 0 aliphatic carbocycles. The molecular weight excluding hydrogens is 388 g/mol. The van der Waals surface area contributed by atoms with Gasteiger partial charge in [0, 0.05) is 31.2 Å². The largest absolute Gasteiger partial charge is 0.494 e. The number of ether oxygens (including phenoxy) is 1. The smallest absolute Gasteiger partial charge is 0.242 e. The average Bonchev–Trinajstić information content (AvgIpc) is 2.61. The van der Waals surface area contributed by atoms with Crippen molar-refractivity contribution in [2.24, 2.45) is 0 Å². The van der Waals surface area contributed by atoms with Gasteiger partial charge in [0.15, 0.2) is 0 Å². The summed E-state index contributed by atoms with van der Waals surface area (Å²) >= 11 is 5.97. The molecule has 1 N–H and O–H groups in total. The molecule has 146 valence electrons. The van der Waals surface area contributed by atoms with E-state index in [4.69, 9.17) is 16.3 Å². The lowest BCUT2D eigenvalue weighted by Gasteiger charge is -2.13. The van der Waals surface area contributed by atoms with E-state index in [9.17, 15) is 13.2 Å². The minimum Gasteiger partial charge on any atom is -0.494 e. The zero-order chi connectivity index (χ0) is 20.0. The molecule has 6 nitrogen and oxygen atoms in total. The third kappa shape index (κ3) is 5.95. The number of nitrogens with zero attached hydrogens (tertiary/aromatic N) is 1. The summed E-state index contributed by atoms with van der Waals surface area (Å²) in [6.07, 6.45) is 0.792. The molecule has 0 aliphatic heterocycles. The van der Waals surface area contributed by atoms with Crippen LogP contribution in [-0.2, 0) is 14.8 Å². The summed E-state index contributed by atoms with van der Waals surface area (Å²) in [5.41, 5.74) is 1.37. The Labute approximate surface area is 165 Å². The number of rotatable bonds is 8. The quantitative estimate of drug-likeness (QED) is 0.673. The Balaban J connectivity index is 1.84. The highest BCUT2D eigenvalue weighted by Gasteiger charge is 2.17. The molecule has 0 aliphatic rings. The van der Waals surface area contributed by atoms with Gasteiger partial charge in [-0.05, 0) is 55.3 Å². The molecule has 0 bridgehead atoms. The van der Waals surface area contributed by atoms with E-state index in [-0.39, 0.29) is 17.2 Å². The number of hydrogen-bond acceptors (Lipinski definition) is 4. The maximum Gasteiger partial charge on any atom is 0.242 e. The minimum absolute atomic E-state index is 0.131. The summed E-state index contributed by atoms with van der Waals surface area (Å²) in [4.78, 5) is 12.2. The maximum absolute atomic E-state index is 12.1. The molecule has 8 heteroatoms. The number of anilines is 1. The number of hydrogen-bond donors (Lipinski definition) is 1. The Morgan fingerprint density at radius 1 is 1.19 bits per heavy atom. The van der Waals surface area contributed by atoms with Gasteiger partial charge in [-0.15, -0.1) is 0 Å². The number of carbonyl (C=O) groups is 1. The van der Waals surface area contributed by atoms with Crippen LogP contribution in [0.15, 0.2) is 47.4 Å². The summed E-state index contributed by atoms with van der Waals surface area (Å²) < 4.78 is 31.0. The fraction of sp³-hybridized carbons (Fsp3) is 0.316. The van der Waals surface area contributed by atoms with Crippen LogP contribution >= 0.6 is 11.6 Å². The molecule has 0 saturated heterocycles. The lowest BCUT2D eigenvalue weighted by Crippen LogP contribution is -2.22. The van der Waals surface area contributed by atoms with Gasteiger partial charge >= 0.3 is 0 Å². The van der Waals surface area contributed by atoms with Crippen molar-refractivity contribution in [3.8, 4) is 5.75 Å². The van der Waals surface area contributed by atoms with Crippen LogP contribution in [-0.4, -0.2) is 39.3 Å². The number of nitrogens with one attached hydrogen (secondary N) is 1. The van der Waals surface area contributed by atoms with Crippen molar-refractivity contribution in [1.82, 2.24) is 4.31 Å². The first kappa shape index (κ1) is 21.2. The van der Waals surface area contributed by atoms with Crippen LogP contribution < -0.4 is 10.1 Å². The number of sulfonamides is 1. The fourth-order valence-electron chi connectivity index (χ4n) is 2.30. The van der Waals surface area contributed by atoms with E-state index in [0.29, 0.717) is 29.5 Å². The number of carbonyl (C=O) groups excluding carboxylic acids is 1. The predicted molar refractivity (Wildman–Crippen MR) is 107 cm³/mol. The molecule has 0 atom stereocenters.